The molecule has 1 fully saturated rings. The first-order chi connectivity index (χ1) is 9.53. The minimum absolute atomic E-state index is 0.119. The topological polar surface area (TPSA) is 98.0 Å². The highest BCUT2D eigenvalue weighted by Crippen LogP contribution is 2.23. The zero-order valence-electron chi connectivity index (χ0n) is 10.9. The maximum Gasteiger partial charge on any atom is 0.222 e. The lowest BCUT2D eigenvalue weighted by molar-refractivity contribution is 0.561. The van der Waals surface area contributed by atoms with Crippen LogP contribution in [0, 0.1) is 0 Å². The van der Waals surface area contributed by atoms with Crippen LogP contribution in [0.5, 0.6) is 0 Å². The van der Waals surface area contributed by atoms with Crippen LogP contribution in [-0.2, 0) is 9.84 Å². The summed E-state index contributed by atoms with van der Waals surface area (Å²) >= 11 is 0. The van der Waals surface area contributed by atoms with Gasteiger partial charge in [0, 0.05) is 11.4 Å². The van der Waals surface area contributed by atoms with Gasteiger partial charge in [-0.05, 0) is 25.0 Å². The van der Waals surface area contributed by atoms with Gasteiger partial charge in [-0.3, -0.25) is 0 Å². The molecule has 1 atom stereocenters. The van der Waals surface area contributed by atoms with Crippen molar-refractivity contribution < 1.29 is 8.42 Å². The Bertz CT molecular complexity index is 745. The third-order valence-corrected chi connectivity index (χ3v) is 5.25. The van der Waals surface area contributed by atoms with Gasteiger partial charge >= 0.3 is 0 Å². The molecule has 1 aromatic heterocycles. The van der Waals surface area contributed by atoms with E-state index in [1.54, 1.807) is 0 Å². The Hall–Kier alpha value is -1.89. The van der Waals surface area contributed by atoms with Crippen molar-refractivity contribution in [2.75, 3.05) is 22.6 Å². The summed E-state index contributed by atoms with van der Waals surface area (Å²) in [4.78, 5) is 8.37. The molecule has 6 nitrogen and oxygen atoms in total. The monoisotopic (exact) mass is 292 g/mol. The van der Waals surface area contributed by atoms with Crippen LogP contribution < -0.4 is 11.1 Å². The molecule has 2 aromatic rings. The van der Waals surface area contributed by atoms with E-state index in [0.717, 1.165) is 17.3 Å². The van der Waals surface area contributed by atoms with E-state index in [1.165, 1.54) is 0 Å². The number of nitrogen functional groups attached to an aromatic ring is 1. The van der Waals surface area contributed by atoms with Crippen LogP contribution in [0.4, 0.5) is 11.8 Å². The Kier molecular flexibility index (Phi) is 3.21. The van der Waals surface area contributed by atoms with E-state index in [1.807, 2.05) is 24.3 Å². The van der Waals surface area contributed by atoms with Crippen molar-refractivity contribution in [2.45, 2.75) is 18.9 Å². The van der Waals surface area contributed by atoms with Gasteiger partial charge in [0.25, 0.3) is 0 Å². The van der Waals surface area contributed by atoms with Gasteiger partial charge in [-0.15, -0.1) is 0 Å². The van der Waals surface area contributed by atoms with Crippen molar-refractivity contribution in [3.8, 4) is 0 Å². The van der Waals surface area contributed by atoms with E-state index in [4.69, 9.17) is 5.73 Å². The number of hydrogen-bond acceptors (Lipinski definition) is 6. The highest BCUT2D eigenvalue weighted by Gasteiger charge is 2.25. The summed E-state index contributed by atoms with van der Waals surface area (Å²) in [5.41, 5.74) is 6.45. The van der Waals surface area contributed by atoms with Crippen molar-refractivity contribution >= 4 is 32.5 Å². The van der Waals surface area contributed by atoms with E-state index in [0.29, 0.717) is 12.2 Å². The first-order valence-corrected chi connectivity index (χ1v) is 8.35. The smallest absolute Gasteiger partial charge is 0.222 e. The number of anilines is 2. The summed E-state index contributed by atoms with van der Waals surface area (Å²) in [6.07, 6.45) is 1.50. The molecule has 106 valence electrons. The minimum atomic E-state index is -2.95. The van der Waals surface area contributed by atoms with Crippen molar-refractivity contribution in [3.63, 3.8) is 0 Å². The third-order valence-electron chi connectivity index (χ3n) is 3.42. The number of nitrogens with zero attached hydrogens (tertiary/aromatic N) is 2. The first-order valence-electron chi connectivity index (χ1n) is 6.53. The van der Waals surface area contributed by atoms with E-state index < -0.39 is 9.84 Å². The maximum absolute atomic E-state index is 11.7. The Labute approximate surface area is 117 Å². The normalized spacial score (nSPS) is 21.7. The zero-order valence-corrected chi connectivity index (χ0v) is 11.7. The quantitative estimate of drug-likeness (QED) is 0.863. The molecule has 1 aromatic carbocycles. The van der Waals surface area contributed by atoms with Crippen molar-refractivity contribution in [1.29, 1.82) is 0 Å². The number of rotatable bonds is 2. The molecule has 1 saturated heterocycles. The van der Waals surface area contributed by atoms with Crippen LogP contribution in [0.1, 0.15) is 12.8 Å². The first kappa shape index (κ1) is 13.1. The van der Waals surface area contributed by atoms with Crippen molar-refractivity contribution in [3.05, 3.63) is 24.3 Å². The highest BCUT2D eigenvalue weighted by molar-refractivity contribution is 7.91. The maximum atomic E-state index is 11.7. The Morgan fingerprint density at radius 1 is 1.25 bits per heavy atom. The van der Waals surface area contributed by atoms with E-state index >= 15 is 0 Å². The van der Waals surface area contributed by atoms with Gasteiger partial charge in [0.15, 0.2) is 9.84 Å². The molecule has 3 N–H and O–H groups in total. The van der Waals surface area contributed by atoms with Crippen molar-refractivity contribution in [2.24, 2.45) is 0 Å². The van der Waals surface area contributed by atoms with Crippen LogP contribution in [0.15, 0.2) is 24.3 Å². The molecule has 0 saturated carbocycles. The molecule has 0 aliphatic carbocycles. The molecule has 2 heterocycles. The number of nitrogens with one attached hydrogen (secondary N) is 1. The summed E-state index contributed by atoms with van der Waals surface area (Å²) in [6, 6.07) is 7.41. The molecule has 20 heavy (non-hydrogen) atoms. The molecular formula is C13H16N4O2S. The molecule has 1 aliphatic heterocycles. The lowest BCUT2D eigenvalue weighted by atomic mass is 10.1. The Morgan fingerprint density at radius 2 is 2.05 bits per heavy atom. The highest BCUT2D eigenvalue weighted by atomic mass is 32.2. The summed E-state index contributed by atoms with van der Waals surface area (Å²) in [5.74, 6) is 1.21. The summed E-state index contributed by atoms with van der Waals surface area (Å²) in [6.45, 7) is 0. The van der Waals surface area contributed by atoms with Gasteiger partial charge in [0.05, 0.1) is 17.0 Å². The number of fused-ring (bicyclic) bond motifs is 1. The SMILES string of the molecule is Nc1nc(NC2CCCS(=O)(=O)C2)c2ccccc2n1. The molecule has 0 spiro atoms. The number of sulfone groups is 1. The number of aromatic nitrogens is 2. The lowest BCUT2D eigenvalue weighted by Crippen LogP contribution is -2.35. The second-order valence-electron chi connectivity index (χ2n) is 5.05. The number of nitrogens with two attached hydrogens (primary N) is 1. The van der Waals surface area contributed by atoms with Crippen LogP contribution >= 0.6 is 0 Å². The minimum Gasteiger partial charge on any atom is -0.368 e. The Morgan fingerprint density at radius 3 is 2.85 bits per heavy atom. The molecule has 1 aliphatic rings. The predicted octanol–water partition coefficient (Wildman–Crippen LogP) is 1.20. The van der Waals surface area contributed by atoms with E-state index in [-0.39, 0.29) is 23.5 Å². The van der Waals surface area contributed by atoms with Crippen LogP contribution in [-0.4, -0.2) is 35.9 Å². The van der Waals surface area contributed by atoms with Gasteiger partial charge in [0.2, 0.25) is 5.95 Å². The number of para-hydroxylation sites is 1. The van der Waals surface area contributed by atoms with Gasteiger partial charge in [-0.2, -0.15) is 4.98 Å². The molecule has 0 amide bonds. The third kappa shape index (κ3) is 2.67. The predicted molar refractivity (Wildman–Crippen MR) is 79.2 cm³/mol. The second kappa shape index (κ2) is 4.90. The van der Waals surface area contributed by atoms with Crippen LogP contribution in [0.25, 0.3) is 10.9 Å². The molecule has 1 unspecified atom stereocenters. The summed E-state index contributed by atoms with van der Waals surface area (Å²) in [7, 11) is -2.95. The standard InChI is InChI=1S/C13H16N4O2S/c14-13-16-11-6-2-1-5-10(11)12(17-13)15-9-4-3-7-20(18,19)8-9/h1-2,5-6,9H,3-4,7-8H2,(H3,14,15,16,17). The summed E-state index contributed by atoms with van der Waals surface area (Å²) in [5, 5.41) is 4.06. The second-order valence-corrected chi connectivity index (χ2v) is 7.27. The number of benzene rings is 1. The fourth-order valence-electron chi connectivity index (χ4n) is 2.53. The van der Waals surface area contributed by atoms with Gasteiger partial charge < -0.3 is 11.1 Å². The largest absolute Gasteiger partial charge is 0.368 e. The molecule has 7 heteroatoms. The van der Waals surface area contributed by atoms with Gasteiger partial charge in [-0.25, -0.2) is 13.4 Å². The van der Waals surface area contributed by atoms with E-state index in [9.17, 15) is 8.42 Å². The van der Waals surface area contributed by atoms with E-state index in [2.05, 4.69) is 15.3 Å². The molecular weight excluding hydrogens is 276 g/mol. The molecule has 3 rings (SSSR count). The van der Waals surface area contributed by atoms with Crippen LogP contribution in [0.2, 0.25) is 0 Å². The van der Waals surface area contributed by atoms with Gasteiger partial charge in [-0.1, -0.05) is 12.1 Å². The average Bonchev–Trinajstić information content (AvgIpc) is 2.37. The Balaban J connectivity index is 1.94. The fourth-order valence-corrected chi connectivity index (χ4v) is 4.17. The summed E-state index contributed by atoms with van der Waals surface area (Å²) < 4.78 is 23.4. The fraction of sp³-hybridized carbons (Fsp3) is 0.385. The van der Waals surface area contributed by atoms with Crippen molar-refractivity contribution in [1.82, 2.24) is 9.97 Å². The molecule has 0 radical (unpaired) electrons. The zero-order chi connectivity index (χ0) is 14.2. The number of hydrogen-bond donors (Lipinski definition) is 2. The van der Waals surface area contributed by atoms with Gasteiger partial charge in [0.1, 0.15) is 5.82 Å². The average molecular weight is 292 g/mol. The van der Waals surface area contributed by atoms with Crippen LogP contribution in [0.3, 0.4) is 0 Å². The molecule has 0 bridgehead atoms. The lowest BCUT2D eigenvalue weighted by Gasteiger charge is -2.24.